The molecule has 31 heavy (non-hydrogen) atoms. The Bertz CT molecular complexity index is 1030. The number of hydrogen-bond donors (Lipinski definition) is 4. The number of phenols is 2. The van der Waals surface area contributed by atoms with Gasteiger partial charge in [0.15, 0.2) is 5.82 Å². The molecule has 2 fully saturated rings. The van der Waals surface area contributed by atoms with Crippen molar-refractivity contribution >= 4 is 11.6 Å². The fourth-order valence-electron chi connectivity index (χ4n) is 4.93. The van der Waals surface area contributed by atoms with Crippen molar-refractivity contribution in [1.82, 2.24) is 10.2 Å². The van der Waals surface area contributed by atoms with E-state index in [1.807, 2.05) is 29.2 Å². The zero-order chi connectivity index (χ0) is 21.4. The summed E-state index contributed by atoms with van der Waals surface area (Å²) in [6.45, 7) is 0.478. The topological polar surface area (TPSA) is 86.8 Å². The van der Waals surface area contributed by atoms with Crippen LogP contribution in [0, 0.1) is 5.92 Å². The molecule has 2 aliphatic heterocycles. The molecule has 1 saturated heterocycles. The second-order valence-corrected chi connectivity index (χ2v) is 8.82. The number of benzene rings is 2. The van der Waals surface area contributed by atoms with E-state index in [2.05, 4.69) is 10.3 Å². The molecule has 1 atom stereocenters. The zero-order valence-corrected chi connectivity index (χ0v) is 17.5. The molecule has 2 aromatic rings. The quantitative estimate of drug-likeness (QED) is 0.596. The summed E-state index contributed by atoms with van der Waals surface area (Å²) >= 11 is 0. The average Bonchev–Trinajstić information content (AvgIpc) is 3.39. The first-order chi connectivity index (χ1) is 15.1. The van der Waals surface area contributed by atoms with Gasteiger partial charge in [-0.1, -0.05) is 25.0 Å². The number of aromatic hydroxyl groups is 2. The number of rotatable bonds is 5. The summed E-state index contributed by atoms with van der Waals surface area (Å²) in [5.74, 6) is 2.08. The molecule has 1 amide bonds. The van der Waals surface area contributed by atoms with Crippen LogP contribution in [0.2, 0.25) is 0 Å². The first-order valence-electron chi connectivity index (χ1n) is 11.1. The van der Waals surface area contributed by atoms with E-state index >= 15 is 0 Å². The van der Waals surface area contributed by atoms with E-state index in [9.17, 15) is 15.0 Å². The van der Waals surface area contributed by atoms with E-state index < -0.39 is 0 Å². The molecule has 4 N–H and O–H groups in total. The summed E-state index contributed by atoms with van der Waals surface area (Å²) in [5.41, 5.74) is 4.06. The molecular formula is C25H28N3O3+. The van der Waals surface area contributed by atoms with Crippen molar-refractivity contribution in [3.63, 3.8) is 0 Å². The highest BCUT2D eigenvalue weighted by molar-refractivity contribution is 6.02. The molecule has 5 rings (SSSR count). The first-order valence-corrected chi connectivity index (χ1v) is 11.1. The lowest BCUT2D eigenvalue weighted by molar-refractivity contribution is -0.408. The van der Waals surface area contributed by atoms with Crippen molar-refractivity contribution < 1.29 is 20.0 Å². The van der Waals surface area contributed by atoms with Gasteiger partial charge in [0.2, 0.25) is 11.4 Å². The predicted octanol–water partition coefficient (Wildman–Crippen LogP) is 1.77. The van der Waals surface area contributed by atoms with Crippen molar-refractivity contribution in [2.24, 2.45) is 5.92 Å². The minimum Gasteiger partial charge on any atom is -0.508 e. The van der Waals surface area contributed by atoms with Crippen LogP contribution in [0.1, 0.15) is 43.2 Å². The Kier molecular flexibility index (Phi) is 5.14. The van der Waals surface area contributed by atoms with Crippen molar-refractivity contribution in [1.29, 1.82) is 0 Å². The highest BCUT2D eigenvalue weighted by atomic mass is 16.3. The van der Waals surface area contributed by atoms with Crippen LogP contribution in [-0.2, 0) is 11.2 Å². The summed E-state index contributed by atoms with van der Waals surface area (Å²) in [4.78, 5) is 18.8. The predicted molar refractivity (Wildman–Crippen MR) is 117 cm³/mol. The van der Waals surface area contributed by atoms with Gasteiger partial charge >= 0.3 is 0 Å². The van der Waals surface area contributed by atoms with E-state index in [0.717, 1.165) is 34.8 Å². The maximum absolute atomic E-state index is 13.3. The van der Waals surface area contributed by atoms with Gasteiger partial charge in [0.25, 0.3) is 5.91 Å². The van der Waals surface area contributed by atoms with Gasteiger partial charge in [0.1, 0.15) is 24.1 Å². The fraction of sp³-hybridized carbons (Fsp3) is 0.360. The molecule has 2 aromatic carbocycles. The average molecular weight is 419 g/mol. The van der Waals surface area contributed by atoms with Gasteiger partial charge in [-0.05, 0) is 60.7 Å². The number of allylic oxidation sites excluding steroid dienone is 1. The minimum atomic E-state index is -0.320. The second kappa shape index (κ2) is 8.10. The van der Waals surface area contributed by atoms with E-state index in [4.69, 9.17) is 0 Å². The molecule has 3 aliphatic rings. The van der Waals surface area contributed by atoms with E-state index in [0.29, 0.717) is 18.9 Å². The van der Waals surface area contributed by atoms with Gasteiger partial charge in [-0.15, -0.1) is 0 Å². The van der Waals surface area contributed by atoms with E-state index in [1.54, 1.807) is 24.3 Å². The molecule has 0 aromatic heterocycles. The van der Waals surface area contributed by atoms with Crippen molar-refractivity contribution in [3.05, 3.63) is 71.2 Å². The second-order valence-electron chi connectivity index (χ2n) is 8.82. The Morgan fingerprint density at radius 3 is 2.26 bits per heavy atom. The lowest BCUT2D eigenvalue weighted by Gasteiger charge is -2.21. The highest BCUT2D eigenvalue weighted by Gasteiger charge is 2.43. The van der Waals surface area contributed by atoms with Crippen molar-refractivity contribution in [2.75, 3.05) is 6.54 Å². The highest BCUT2D eigenvalue weighted by Crippen LogP contribution is 2.31. The molecule has 2 heterocycles. The smallest absolute Gasteiger partial charge is 0.251 e. The minimum absolute atomic E-state index is 0.0739. The monoisotopic (exact) mass is 418 g/mol. The maximum Gasteiger partial charge on any atom is 0.251 e. The Labute approximate surface area is 181 Å². The van der Waals surface area contributed by atoms with Crippen LogP contribution in [0.25, 0.3) is 0 Å². The summed E-state index contributed by atoms with van der Waals surface area (Å²) in [5, 5.41) is 22.7. The summed E-state index contributed by atoms with van der Waals surface area (Å²) in [6, 6.07) is 13.9. The van der Waals surface area contributed by atoms with Crippen LogP contribution in [0.3, 0.4) is 0 Å². The number of carbonyl (C=O) groups excluding carboxylic acids is 1. The van der Waals surface area contributed by atoms with Crippen LogP contribution in [0.5, 0.6) is 11.5 Å². The normalized spacial score (nSPS) is 21.3. The van der Waals surface area contributed by atoms with Gasteiger partial charge in [0.05, 0.1) is 0 Å². The summed E-state index contributed by atoms with van der Waals surface area (Å²) < 4.78 is 0. The maximum atomic E-state index is 13.3. The Hall–Kier alpha value is -3.28. The van der Waals surface area contributed by atoms with Crippen LogP contribution >= 0.6 is 0 Å². The fourth-order valence-corrected chi connectivity index (χ4v) is 4.93. The largest absolute Gasteiger partial charge is 0.508 e. The lowest BCUT2D eigenvalue weighted by Crippen LogP contribution is -2.76. The number of phenolic OH excluding ortho intramolecular Hbond substituents is 2. The molecule has 1 aliphatic carbocycles. The van der Waals surface area contributed by atoms with Gasteiger partial charge in [-0.2, -0.15) is 0 Å². The SMILES string of the molecule is O=C1C(Cc2ccc(O)cc2)NC2=C(CC3CCCC3)[NH+]=C(c3ccc(O)cc3)CN12. The van der Waals surface area contributed by atoms with E-state index in [-0.39, 0.29) is 23.4 Å². The number of hydrogen-bond acceptors (Lipinski definition) is 4. The first kappa shape index (κ1) is 19.7. The van der Waals surface area contributed by atoms with Crippen LogP contribution in [0.15, 0.2) is 60.0 Å². The molecule has 0 bridgehead atoms. The summed E-state index contributed by atoms with van der Waals surface area (Å²) in [7, 11) is 0. The van der Waals surface area contributed by atoms with Gasteiger partial charge in [0, 0.05) is 18.4 Å². The molecule has 0 radical (unpaired) electrons. The van der Waals surface area contributed by atoms with Crippen LogP contribution in [-0.4, -0.2) is 39.3 Å². The Balaban J connectivity index is 1.44. The molecule has 6 nitrogen and oxygen atoms in total. The van der Waals surface area contributed by atoms with Gasteiger partial charge in [-0.3, -0.25) is 9.69 Å². The van der Waals surface area contributed by atoms with Crippen LogP contribution < -0.4 is 10.3 Å². The molecule has 1 saturated carbocycles. The third kappa shape index (κ3) is 4.02. The molecule has 1 unspecified atom stereocenters. The molecule has 160 valence electrons. The Morgan fingerprint density at radius 2 is 1.58 bits per heavy atom. The molecule has 0 spiro atoms. The third-order valence-corrected chi connectivity index (χ3v) is 6.61. The zero-order valence-electron chi connectivity index (χ0n) is 17.5. The van der Waals surface area contributed by atoms with Gasteiger partial charge in [-0.25, -0.2) is 4.99 Å². The van der Waals surface area contributed by atoms with Crippen molar-refractivity contribution in [2.45, 2.75) is 44.6 Å². The summed E-state index contributed by atoms with van der Waals surface area (Å²) in [6.07, 6.45) is 6.53. The number of amides is 1. The number of nitrogens with one attached hydrogen (secondary N) is 2. The van der Waals surface area contributed by atoms with E-state index in [1.165, 1.54) is 25.7 Å². The number of carbonyl (C=O) groups is 1. The Morgan fingerprint density at radius 1 is 0.935 bits per heavy atom. The van der Waals surface area contributed by atoms with Crippen molar-refractivity contribution in [3.8, 4) is 11.5 Å². The number of fused-ring (bicyclic) bond motifs is 1. The molecule has 6 heteroatoms. The third-order valence-electron chi connectivity index (χ3n) is 6.61. The lowest BCUT2D eigenvalue weighted by atomic mass is 10.00. The molecular weight excluding hydrogens is 390 g/mol. The number of nitrogens with zero attached hydrogens (tertiary/aromatic N) is 1. The van der Waals surface area contributed by atoms with Crippen LogP contribution in [0.4, 0.5) is 0 Å². The standard InChI is InChI=1S/C25H27N3O3/c29-19-9-5-17(6-10-19)14-22-25(31)28-15-23(18-7-11-20(30)12-8-18)26-21(24(28)27-22)13-16-3-1-2-4-16/h5-12,16,22,27,29-30H,1-4,13-15H2/p+1. The van der Waals surface area contributed by atoms with Gasteiger partial charge < -0.3 is 15.5 Å².